The van der Waals surface area contributed by atoms with Crippen LogP contribution in [-0.4, -0.2) is 19.4 Å². The molecule has 40 valence electrons. The van der Waals surface area contributed by atoms with Crippen LogP contribution in [0.25, 0.3) is 0 Å². The van der Waals surface area contributed by atoms with E-state index in [4.69, 9.17) is 0 Å². The zero-order valence-corrected chi connectivity index (χ0v) is 5.63. The monoisotopic (exact) mass is 114 g/mol. The first-order valence-electron chi connectivity index (χ1n) is 2.97. The normalized spacial score (nSPS) is 25.1. The molecule has 0 aromatic rings. The Morgan fingerprint density at radius 1 is 1.29 bits per heavy atom. The van der Waals surface area contributed by atoms with Crippen LogP contribution in [-0.2, 0) is 0 Å². The highest BCUT2D eigenvalue weighted by atomic mass is 32.2. The molecule has 2 heteroatoms. The number of hydrogen-bond acceptors (Lipinski definition) is 1. The Hall–Kier alpha value is 0.415. The third-order valence-electron chi connectivity index (χ3n) is 1.51. The molecule has 0 aromatic heterocycles. The molecule has 1 saturated heterocycles. The molecule has 0 nitrogen and oxygen atoms in total. The summed E-state index contributed by atoms with van der Waals surface area (Å²) in [6.45, 7) is 0. The van der Waals surface area contributed by atoms with E-state index in [1.807, 2.05) is 0 Å². The molecule has 1 rings (SSSR count). The fourth-order valence-electron chi connectivity index (χ4n) is 0.815. The molecule has 0 saturated carbocycles. The first-order valence-corrected chi connectivity index (χ1v) is 4.13. The van der Waals surface area contributed by atoms with Crippen LogP contribution >= 0.6 is 11.8 Å². The van der Waals surface area contributed by atoms with E-state index in [1.54, 1.807) is 0 Å². The van der Waals surface area contributed by atoms with Gasteiger partial charge in [0.1, 0.15) is 7.85 Å². The van der Waals surface area contributed by atoms with Gasteiger partial charge in [-0.05, 0) is 24.3 Å². The lowest BCUT2D eigenvalue weighted by Crippen LogP contribution is -2.02. The molecule has 0 N–H and O–H groups in total. The van der Waals surface area contributed by atoms with Gasteiger partial charge in [-0.15, -0.1) is 0 Å². The lowest BCUT2D eigenvalue weighted by molar-refractivity contribution is 0.761. The van der Waals surface area contributed by atoms with E-state index in [1.165, 1.54) is 24.3 Å². The van der Waals surface area contributed by atoms with Crippen molar-refractivity contribution < 1.29 is 0 Å². The first-order chi connectivity index (χ1) is 3.39. The number of rotatable bonds is 0. The molecule has 0 aliphatic carbocycles. The van der Waals surface area contributed by atoms with E-state index in [-0.39, 0.29) is 0 Å². The van der Waals surface area contributed by atoms with Crippen molar-refractivity contribution in [1.82, 2.24) is 0 Å². The largest absolute Gasteiger partial charge is 0.162 e. The number of hydrogen-bond donors (Lipinski definition) is 0. The molecule has 0 radical (unpaired) electrons. The predicted molar refractivity (Wildman–Crippen MR) is 38.9 cm³/mol. The Morgan fingerprint density at radius 2 is 1.86 bits per heavy atom. The molecule has 0 unspecified atom stereocenters. The standard InChI is InChI=1S/C5H11BS/c6-5-1-3-7-4-2-5/h5H,1-4,6H2. The van der Waals surface area contributed by atoms with Crippen molar-refractivity contribution in [1.29, 1.82) is 0 Å². The van der Waals surface area contributed by atoms with Crippen LogP contribution in [0, 0.1) is 0 Å². The van der Waals surface area contributed by atoms with Gasteiger partial charge in [-0.2, -0.15) is 11.8 Å². The molecule has 0 atom stereocenters. The highest BCUT2D eigenvalue weighted by molar-refractivity contribution is 7.99. The molecule has 0 spiro atoms. The molecule has 0 amide bonds. The van der Waals surface area contributed by atoms with Crippen molar-refractivity contribution in [3.8, 4) is 0 Å². The summed E-state index contributed by atoms with van der Waals surface area (Å²) in [5.41, 5.74) is 0. The molecule has 1 fully saturated rings. The minimum atomic E-state index is 1.02. The van der Waals surface area contributed by atoms with Crippen LogP contribution in [0.3, 0.4) is 0 Å². The molecule has 0 aromatic carbocycles. The maximum Gasteiger partial charge on any atom is 0.105 e. The molecule has 1 aliphatic rings. The van der Waals surface area contributed by atoms with E-state index in [2.05, 4.69) is 19.6 Å². The van der Waals surface area contributed by atoms with Gasteiger partial charge in [0.2, 0.25) is 0 Å². The molecular formula is C5H11BS. The minimum absolute atomic E-state index is 1.02. The minimum Gasteiger partial charge on any atom is -0.162 e. The van der Waals surface area contributed by atoms with Gasteiger partial charge in [0.05, 0.1) is 0 Å². The Morgan fingerprint density at radius 3 is 2.14 bits per heavy atom. The summed E-state index contributed by atoms with van der Waals surface area (Å²) in [5.74, 6) is 3.82. The third-order valence-corrected chi connectivity index (χ3v) is 2.56. The van der Waals surface area contributed by atoms with Crippen LogP contribution in [0.15, 0.2) is 0 Å². The molecule has 0 bridgehead atoms. The van der Waals surface area contributed by atoms with Crippen LogP contribution < -0.4 is 0 Å². The van der Waals surface area contributed by atoms with E-state index in [0.29, 0.717) is 0 Å². The van der Waals surface area contributed by atoms with Crippen LogP contribution in [0.5, 0.6) is 0 Å². The van der Waals surface area contributed by atoms with Gasteiger partial charge in [0.25, 0.3) is 0 Å². The Kier molecular flexibility index (Phi) is 2.11. The van der Waals surface area contributed by atoms with Crippen LogP contribution in [0.2, 0.25) is 5.82 Å². The highest BCUT2D eigenvalue weighted by Crippen LogP contribution is 2.23. The maximum absolute atomic E-state index is 2.35. The second-order valence-corrected chi connectivity index (χ2v) is 3.52. The van der Waals surface area contributed by atoms with E-state index < -0.39 is 0 Å². The van der Waals surface area contributed by atoms with E-state index in [9.17, 15) is 0 Å². The van der Waals surface area contributed by atoms with Gasteiger partial charge in [-0.25, -0.2) is 0 Å². The van der Waals surface area contributed by atoms with Gasteiger partial charge in [-0.3, -0.25) is 0 Å². The lowest BCUT2D eigenvalue weighted by atomic mass is 9.83. The highest BCUT2D eigenvalue weighted by Gasteiger charge is 2.06. The summed E-state index contributed by atoms with van der Waals surface area (Å²) in [6, 6.07) is 0. The third kappa shape index (κ3) is 1.77. The Labute approximate surface area is 50.5 Å². The number of thioether (sulfide) groups is 1. The summed E-state index contributed by atoms with van der Waals surface area (Å²) in [7, 11) is 2.35. The smallest absolute Gasteiger partial charge is 0.105 e. The average molecular weight is 114 g/mol. The summed E-state index contributed by atoms with van der Waals surface area (Å²) < 4.78 is 0. The average Bonchev–Trinajstić information content (AvgIpc) is 1.69. The van der Waals surface area contributed by atoms with Crippen molar-refractivity contribution in [3.63, 3.8) is 0 Å². The van der Waals surface area contributed by atoms with E-state index in [0.717, 1.165) is 5.82 Å². The van der Waals surface area contributed by atoms with E-state index >= 15 is 0 Å². The quantitative estimate of drug-likeness (QED) is 0.422. The maximum atomic E-state index is 2.35. The van der Waals surface area contributed by atoms with Crippen molar-refractivity contribution >= 4 is 19.6 Å². The SMILES string of the molecule is BC1CCSCC1. The predicted octanol–water partition coefficient (Wildman–Crippen LogP) is 0.935. The van der Waals surface area contributed by atoms with Crippen molar-refractivity contribution in [3.05, 3.63) is 0 Å². The lowest BCUT2D eigenvalue weighted by Gasteiger charge is -2.15. The summed E-state index contributed by atoms with van der Waals surface area (Å²) in [6.07, 6.45) is 2.90. The van der Waals surface area contributed by atoms with Gasteiger partial charge in [0, 0.05) is 0 Å². The zero-order chi connectivity index (χ0) is 5.11. The summed E-state index contributed by atoms with van der Waals surface area (Å²) in [4.78, 5) is 0. The van der Waals surface area contributed by atoms with Gasteiger partial charge in [0.15, 0.2) is 0 Å². The van der Waals surface area contributed by atoms with Crippen LogP contribution in [0.4, 0.5) is 0 Å². The Balaban J connectivity index is 2.12. The first kappa shape index (κ1) is 5.55. The molecule has 1 heterocycles. The zero-order valence-electron chi connectivity index (χ0n) is 4.81. The van der Waals surface area contributed by atoms with Gasteiger partial charge in [-0.1, -0.05) is 5.82 Å². The molecule has 1 aliphatic heterocycles. The fourth-order valence-corrected chi connectivity index (χ4v) is 2.16. The van der Waals surface area contributed by atoms with Crippen molar-refractivity contribution in [2.75, 3.05) is 11.5 Å². The molecule has 7 heavy (non-hydrogen) atoms. The summed E-state index contributed by atoms with van der Waals surface area (Å²) >= 11 is 2.10. The van der Waals surface area contributed by atoms with Gasteiger partial charge >= 0.3 is 0 Å². The Bertz CT molecular complexity index is 50.0. The van der Waals surface area contributed by atoms with Crippen molar-refractivity contribution in [2.45, 2.75) is 18.7 Å². The van der Waals surface area contributed by atoms with Gasteiger partial charge < -0.3 is 0 Å². The molecular weight excluding hydrogens is 103 g/mol. The second kappa shape index (κ2) is 2.66. The van der Waals surface area contributed by atoms with Crippen molar-refractivity contribution in [2.24, 2.45) is 0 Å². The van der Waals surface area contributed by atoms with Crippen LogP contribution in [0.1, 0.15) is 12.8 Å². The fraction of sp³-hybridized carbons (Fsp3) is 1.00. The topological polar surface area (TPSA) is 0 Å². The second-order valence-electron chi connectivity index (χ2n) is 2.29. The summed E-state index contributed by atoms with van der Waals surface area (Å²) in [5, 5.41) is 0.